The molecule has 0 aromatic carbocycles. The minimum absolute atomic E-state index is 0.225. The van der Waals surface area contributed by atoms with Crippen LogP contribution in [0, 0.1) is 0 Å². The van der Waals surface area contributed by atoms with Gasteiger partial charge < -0.3 is 10.2 Å². The van der Waals surface area contributed by atoms with Gasteiger partial charge in [-0.25, -0.2) is 0 Å². The molecule has 0 amide bonds. The zero-order valence-corrected chi connectivity index (χ0v) is 5.57. The average molecular weight is 157 g/mol. The second-order valence-corrected chi connectivity index (χ2v) is 3.43. The van der Waals surface area contributed by atoms with E-state index in [1.165, 1.54) is 0 Å². The molecule has 5 nitrogen and oxygen atoms in total. The van der Waals surface area contributed by atoms with Gasteiger partial charge in [-0.05, 0) is 0 Å². The number of aliphatic hydroxyl groups excluding tert-OH is 2. The van der Waals surface area contributed by atoms with Gasteiger partial charge in [-0.2, -0.15) is 14.7 Å². The molecular formula is C3H10O5P+. The summed E-state index contributed by atoms with van der Waals surface area (Å²) in [5, 5.41) is 16.6. The fourth-order valence-electron chi connectivity index (χ4n) is 0.289. The maximum atomic E-state index is 8.53. The van der Waals surface area contributed by atoms with Gasteiger partial charge in [0.25, 0.3) is 0 Å². The maximum absolute atomic E-state index is 8.53. The lowest BCUT2D eigenvalue weighted by Gasteiger charge is -2.08. The highest BCUT2D eigenvalue weighted by molar-refractivity contribution is 7.59. The van der Waals surface area contributed by atoms with Gasteiger partial charge in [0.05, 0.1) is 0 Å². The molecule has 0 bridgehead atoms. The molecule has 1 unspecified atom stereocenters. The molecule has 0 spiro atoms. The first-order valence-electron chi connectivity index (χ1n) is 2.34. The van der Waals surface area contributed by atoms with E-state index in [1.54, 1.807) is 0 Å². The monoisotopic (exact) mass is 157 g/mol. The Morgan fingerprint density at radius 1 is 1.22 bits per heavy atom. The average Bonchev–Trinajstić information content (AvgIpc) is 1.64. The van der Waals surface area contributed by atoms with Crippen LogP contribution in [0.15, 0.2) is 0 Å². The van der Waals surface area contributed by atoms with Gasteiger partial charge in [-0.1, -0.05) is 0 Å². The smallest absolute Gasteiger partial charge is 0.396 e. The molecule has 0 aliphatic carbocycles. The standard InChI is InChI=1S/C3H10O5P/c4-2-1-3(5)9(6,7)8/h3-8H,1-2H2/q+1. The summed E-state index contributed by atoms with van der Waals surface area (Å²) in [6, 6.07) is 0. The van der Waals surface area contributed by atoms with Gasteiger partial charge in [0, 0.05) is 13.0 Å². The normalized spacial score (nSPS) is 15.7. The Balaban J connectivity index is 3.59. The van der Waals surface area contributed by atoms with Gasteiger partial charge in [0.1, 0.15) is 0 Å². The SMILES string of the molecule is OCCC(O)[P+](O)(O)O. The lowest BCUT2D eigenvalue weighted by molar-refractivity contribution is 0.147. The molecular weight excluding hydrogens is 147 g/mol. The van der Waals surface area contributed by atoms with Crippen molar-refractivity contribution in [2.75, 3.05) is 6.61 Å². The van der Waals surface area contributed by atoms with Gasteiger partial charge in [-0.15, -0.1) is 0 Å². The summed E-state index contributed by atoms with van der Waals surface area (Å²) in [6.07, 6.45) is -0.225. The molecule has 0 saturated heterocycles. The molecule has 0 radical (unpaired) electrons. The van der Waals surface area contributed by atoms with Gasteiger partial charge in [0.15, 0.2) is 0 Å². The molecule has 0 fully saturated rings. The van der Waals surface area contributed by atoms with Gasteiger partial charge in [0.2, 0.25) is 5.85 Å². The highest BCUT2D eigenvalue weighted by Crippen LogP contribution is 2.49. The van der Waals surface area contributed by atoms with Crippen molar-refractivity contribution < 1.29 is 24.9 Å². The molecule has 1 atom stereocenters. The van der Waals surface area contributed by atoms with Crippen LogP contribution in [0.3, 0.4) is 0 Å². The fraction of sp³-hybridized carbons (Fsp3) is 1.00. The Kier molecular flexibility index (Phi) is 3.50. The summed E-state index contributed by atoms with van der Waals surface area (Å²) >= 11 is 0. The zero-order valence-electron chi connectivity index (χ0n) is 4.67. The molecule has 0 aromatic heterocycles. The Bertz CT molecular complexity index is 78.8. The molecule has 6 heteroatoms. The third-order valence-electron chi connectivity index (χ3n) is 0.787. The predicted octanol–water partition coefficient (Wildman–Crippen LogP) is -1.57. The topological polar surface area (TPSA) is 101 Å². The Hall–Kier alpha value is 0.230. The number of hydrogen-bond acceptors (Lipinski definition) is 5. The second-order valence-electron chi connectivity index (χ2n) is 1.61. The van der Waals surface area contributed by atoms with E-state index in [4.69, 9.17) is 24.9 Å². The Labute approximate surface area is 52.8 Å². The first-order chi connectivity index (χ1) is 3.98. The molecule has 0 heterocycles. The quantitative estimate of drug-likeness (QED) is 0.318. The van der Waals surface area contributed by atoms with Crippen LogP contribution in [0.25, 0.3) is 0 Å². The van der Waals surface area contributed by atoms with E-state index in [9.17, 15) is 0 Å². The molecule has 0 aliphatic rings. The molecule has 56 valence electrons. The van der Waals surface area contributed by atoms with Crippen LogP contribution in [0.2, 0.25) is 0 Å². The van der Waals surface area contributed by atoms with Crippen LogP contribution in [0.1, 0.15) is 6.42 Å². The number of hydrogen-bond donors (Lipinski definition) is 5. The van der Waals surface area contributed by atoms with Crippen molar-refractivity contribution in [3.63, 3.8) is 0 Å². The zero-order chi connectivity index (χ0) is 7.49. The van der Waals surface area contributed by atoms with E-state index in [0.29, 0.717) is 0 Å². The summed E-state index contributed by atoms with van der Waals surface area (Å²) in [5.41, 5.74) is 0. The molecule has 0 aliphatic heterocycles. The Morgan fingerprint density at radius 3 is 1.78 bits per heavy atom. The van der Waals surface area contributed by atoms with E-state index in [0.717, 1.165) is 0 Å². The highest BCUT2D eigenvalue weighted by atomic mass is 31.2. The van der Waals surface area contributed by atoms with Crippen molar-refractivity contribution >= 4 is 7.94 Å². The number of aliphatic hydroxyl groups is 2. The van der Waals surface area contributed by atoms with Crippen molar-refractivity contribution in [3.8, 4) is 0 Å². The van der Waals surface area contributed by atoms with Crippen LogP contribution in [0.5, 0.6) is 0 Å². The molecule has 9 heavy (non-hydrogen) atoms. The van der Waals surface area contributed by atoms with Crippen molar-refractivity contribution in [3.05, 3.63) is 0 Å². The lowest BCUT2D eigenvalue weighted by atomic mass is 10.5. The van der Waals surface area contributed by atoms with E-state index in [2.05, 4.69) is 0 Å². The van der Waals surface area contributed by atoms with Gasteiger partial charge in [-0.3, -0.25) is 0 Å². The van der Waals surface area contributed by atoms with Crippen molar-refractivity contribution in [1.29, 1.82) is 0 Å². The van der Waals surface area contributed by atoms with Crippen LogP contribution >= 0.6 is 7.94 Å². The van der Waals surface area contributed by atoms with Crippen LogP contribution in [0.4, 0.5) is 0 Å². The largest absolute Gasteiger partial charge is 0.434 e. The first kappa shape index (κ1) is 9.23. The van der Waals surface area contributed by atoms with Crippen LogP contribution < -0.4 is 0 Å². The summed E-state index contributed by atoms with van der Waals surface area (Å²) in [7, 11) is -4.13. The third kappa shape index (κ3) is 3.75. The summed E-state index contributed by atoms with van der Waals surface area (Å²) in [4.78, 5) is 24.8. The maximum Gasteiger partial charge on any atom is 0.434 e. The van der Waals surface area contributed by atoms with E-state index in [1.807, 2.05) is 0 Å². The Morgan fingerprint density at radius 2 is 1.67 bits per heavy atom. The fourth-order valence-corrected chi connectivity index (χ4v) is 0.751. The van der Waals surface area contributed by atoms with E-state index in [-0.39, 0.29) is 13.0 Å². The minimum Gasteiger partial charge on any atom is -0.396 e. The van der Waals surface area contributed by atoms with Crippen molar-refractivity contribution in [2.45, 2.75) is 12.3 Å². The molecule has 0 rings (SSSR count). The van der Waals surface area contributed by atoms with Crippen molar-refractivity contribution in [1.82, 2.24) is 0 Å². The summed E-state index contributed by atoms with van der Waals surface area (Å²) in [5.74, 6) is -1.61. The van der Waals surface area contributed by atoms with E-state index >= 15 is 0 Å². The van der Waals surface area contributed by atoms with Crippen LogP contribution in [-0.4, -0.2) is 37.3 Å². The van der Waals surface area contributed by atoms with Gasteiger partial charge >= 0.3 is 7.94 Å². The first-order valence-corrected chi connectivity index (χ1v) is 4.06. The second kappa shape index (κ2) is 3.41. The molecule has 0 aromatic rings. The van der Waals surface area contributed by atoms with Crippen molar-refractivity contribution in [2.24, 2.45) is 0 Å². The van der Waals surface area contributed by atoms with Crippen LogP contribution in [-0.2, 0) is 0 Å². The van der Waals surface area contributed by atoms with E-state index < -0.39 is 13.8 Å². The summed E-state index contributed by atoms with van der Waals surface area (Å²) < 4.78 is 0. The highest BCUT2D eigenvalue weighted by Gasteiger charge is 2.40. The molecule has 5 N–H and O–H groups in total. The number of rotatable bonds is 3. The minimum atomic E-state index is -4.13. The predicted molar refractivity (Wildman–Crippen MR) is 31.3 cm³/mol. The lowest BCUT2D eigenvalue weighted by Crippen LogP contribution is -2.13. The summed E-state index contributed by atoms with van der Waals surface area (Å²) in [6.45, 7) is -0.384. The molecule has 0 saturated carbocycles. The third-order valence-corrected chi connectivity index (χ3v) is 1.85.